The van der Waals surface area contributed by atoms with Crippen LogP contribution in [0.5, 0.6) is 0 Å². The molecule has 2 aromatic rings. The summed E-state index contributed by atoms with van der Waals surface area (Å²) >= 11 is 0. The summed E-state index contributed by atoms with van der Waals surface area (Å²) in [5.41, 5.74) is 2.67. The van der Waals surface area contributed by atoms with Crippen LogP contribution in [0.15, 0.2) is 40.8 Å². The summed E-state index contributed by atoms with van der Waals surface area (Å²) in [4.78, 5) is 16.6. The number of aryl methyl sites for hydroxylation is 1. The molecule has 3 rings (SSSR count). The summed E-state index contributed by atoms with van der Waals surface area (Å²) in [5.74, 6) is 2.42. The lowest BCUT2D eigenvalue weighted by Gasteiger charge is -2.24. The Kier molecular flexibility index (Phi) is 6.64. The highest BCUT2D eigenvalue weighted by Crippen LogP contribution is 2.23. The predicted octanol–water partition coefficient (Wildman–Crippen LogP) is 3.68. The van der Waals surface area contributed by atoms with Gasteiger partial charge in [0, 0.05) is 13.0 Å². The first-order valence-electron chi connectivity index (χ1n) is 9.63. The Morgan fingerprint density at radius 3 is 2.77 bits per heavy atom. The van der Waals surface area contributed by atoms with Gasteiger partial charge in [-0.05, 0) is 57.0 Å². The molecule has 0 spiro atoms. The van der Waals surface area contributed by atoms with Crippen LogP contribution in [0.1, 0.15) is 41.9 Å². The van der Waals surface area contributed by atoms with Crippen LogP contribution >= 0.6 is 0 Å². The molecule has 1 aromatic heterocycles. The number of fused-ring (bicyclic) bond motifs is 1. The number of benzene rings is 1. The van der Waals surface area contributed by atoms with Gasteiger partial charge in [0.15, 0.2) is 0 Å². The molecule has 0 atom stereocenters. The first-order chi connectivity index (χ1) is 12.6. The fourth-order valence-corrected chi connectivity index (χ4v) is 3.58. The van der Waals surface area contributed by atoms with E-state index >= 15 is 0 Å². The minimum absolute atomic E-state index is 0.349. The van der Waals surface area contributed by atoms with Crippen molar-refractivity contribution in [3.63, 3.8) is 0 Å². The van der Waals surface area contributed by atoms with Crippen LogP contribution in [0.25, 0.3) is 0 Å². The van der Waals surface area contributed by atoms with Crippen molar-refractivity contribution in [2.24, 2.45) is 0 Å². The standard InChI is InChI=1S/C22H30N2O2/c1-23(2)16-21-14-19-12-13-24(17-22(19)26-21)15-20(25)11-7-6-10-18-8-4-3-5-9-18/h3-5,8-9,14H,6-7,10-13,15-17H2,1-2H3. The Balaban J connectivity index is 1.39. The molecule has 0 bridgehead atoms. The topological polar surface area (TPSA) is 36.7 Å². The van der Waals surface area contributed by atoms with E-state index in [1.807, 2.05) is 20.2 Å². The lowest BCUT2D eigenvalue weighted by Crippen LogP contribution is -2.34. The van der Waals surface area contributed by atoms with Gasteiger partial charge in [0.2, 0.25) is 0 Å². The van der Waals surface area contributed by atoms with E-state index in [-0.39, 0.29) is 0 Å². The maximum Gasteiger partial charge on any atom is 0.146 e. The smallest absolute Gasteiger partial charge is 0.146 e. The van der Waals surface area contributed by atoms with E-state index < -0.39 is 0 Å². The van der Waals surface area contributed by atoms with Crippen LogP contribution in [-0.4, -0.2) is 42.8 Å². The number of carbonyl (C=O) groups excluding carboxylic acids is 1. The average molecular weight is 354 g/mol. The summed E-state index contributed by atoms with van der Waals surface area (Å²) in [7, 11) is 4.09. The number of carbonyl (C=O) groups is 1. The van der Waals surface area contributed by atoms with Gasteiger partial charge in [-0.3, -0.25) is 9.69 Å². The Bertz CT molecular complexity index is 706. The molecule has 0 amide bonds. The highest BCUT2D eigenvalue weighted by atomic mass is 16.3. The van der Waals surface area contributed by atoms with Crippen molar-refractivity contribution in [1.82, 2.24) is 9.80 Å². The molecular formula is C22H30N2O2. The number of Topliss-reactive ketones (excluding diaryl/α,β-unsaturated/α-hetero) is 1. The molecule has 2 heterocycles. The van der Waals surface area contributed by atoms with Gasteiger partial charge >= 0.3 is 0 Å². The van der Waals surface area contributed by atoms with Gasteiger partial charge in [0.05, 0.1) is 19.6 Å². The number of nitrogens with zero attached hydrogens (tertiary/aromatic N) is 2. The minimum atomic E-state index is 0.349. The van der Waals surface area contributed by atoms with Gasteiger partial charge in [-0.1, -0.05) is 30.3 Å². The van der Waals surface area contributed by atoms with Crippen LogP contribution in [0, 0.1) is 0 Å². The zero-order valence-corrected chi connectivity index (χ0v) is 16.0. The van der Waals surface area contributed by atoms with E-state index in [0.717, 1.165) is 56.8 Å². The quantitative estimate of drug-likeness (QED) is 0.644. The Labute approximate surface area is 156 Å². The molecule has 0 saturated carbocycles. The van der Waals surface area contributed by atoms with E-state index in [9.17, 15) is 4.79 Å². The Hall–Kier alpha value is -1.91. The van der Waals surface area contributed by atoms with Crippen LogP contribution in [0.4, 0.5) is 0 Å². The van der Waals surface area contributed by atoms with Crippen LogP contribution in [0.2, 0.25) is 0 Å². The van der Waals surface area contributed by atoms with Gasteiger partial charge < -0.3 is 9.32 Å². The van der Waals surface area contributed by atoms with Crippen LogP contribution in [-0.2, 0) is 30.7 Å². The Morgan fingerprint density at radius 2 is 2.00 bits per heavy atom. The van der Waals surface area contributed by atoms with E-state index in [2.05, 4.69) is 40.1 Å². The van der Waals surface area contributed by atoms with Gasteiger partial charge in [-0.2, -0.15) is 0 Å². The highest BCUT2D eigenvalue weighted by molar-refractivity contribution is 5.80. The number of furan rings is 1. The molecule has 1 aliphatic rings. The van der Waals surface area contributed by atoms with Gasteiger partial charge in [-0.15, -0.1) is 0 Å². The second-order valence-electron chi connectivity index (χ2n) is 7.59. The number of unbranched alkanes of at least 4 members (excludes halogenated alkanes) is 1. The lowest BCUT2D eigenvalue weighted by atomic mass is 10.0. The molecule has 4 nitrogen and oxygen atoms in total. The van der Waals surface area contributed by atoms with Gasteiger partial charge in [-0.25, -0.2) is 0 Å². The Morgan fingerprint density at radius 1 is 1.19 bits per heavy atom. The molecule has 4 heteroatoms. The summed E-state index contributed by atoms with van der Waals surface area (Å²) in [6, 6.07) is 12.7. The first kappa shape index (κ1) is 18.9. The van der Waals surface area contributed by atoms with Crippen molar-refractivity contribution in [2.45, 2.75) is 45.2 Å². The lowest BCUT2D eigenvalue weighted by molar-refractivity contribution is -0.120. The zero-order valence-electron chi connectivity index (χ0n) is 16.0. The van der Waals surface area contributed by atoms with Crippen molar-refractivity contribution in [3.05, 3.63) is 59.0 Å². The maximum absolute atomic E-state index is 12.3. The third-order valence-electron chi connectivity index (χ3n) is 4.90. The molecule has 0 unspecified atom stereocenters. The van der Waals surface area contributed by atoms with Crippen LogP contribution in [0.3, 0.4) is 0 Å². The minimum Gasteiger partial charge on any atom is -0.463 e. The first-order valence-corrected chi connectivity index (χ1v) is 9.63. The zero-order chi connectivity index (χ0) is 18.4. The fraction of sp³-hybridized carbons (Fsp3) is 0.500. The number of rotatable bonds is 9. The molecule has 26 heavy (non-hydrogen) atoms. The summed E-state index contributed by atoms with van der Waals surface area (Å²) in [6.07, 6.45) is 4.77. The molecule has 140 valence electrons. The maximum atomic E-state index is 12.3. The second kappa shape index (κ2) is 9.15. The summed E-state index contributed by atoms with van der Waals surface area (Å²) in [6.45, 7) is 3.09. The third-order valence-corrected chi connectivity index (χ3v) is 4.90. The van der Waals surface area contributed by atoms with Crippen molar-refractivity contribution in [2.75, 3.05) is 27.2 Å². The van der Waals surface area contributed by atoms with E-state index in [0.29, 0.717) is 18.7 Å². The van der Waals surface area contributed by atoms with Crippen molar-refractivity contribution < 1.29 is 9.21 Å². The predicted molar refractivity (Wildman–Crippen MR) is 104 cm³/mol. The largest absolute Gasteiger partial charge is 0.463 e. The number of hydrogen-bond donors (Lipinski definition) is 0. The summed E-state index contributed by atoms with van der Waals surface area (Å²) in [5, 5.41) is 0. The van der Waals surface area contributed by atoms with Gasteiger partial charge in [0.1, 0.15) is 17.3 Å². The van der Waals surface area contributed by atoms with Crippen molar-refractivity contribution in [3.8, 4) is 0 Å². The van der Waals surface area contributed by atoms with E-state index in [4.69, 9.17) is 4.42 Å². The second-order valence-corrected chi connectivity index (χ2v) is 7.59. The van der Waals surface area contributed by atoms with E-state index in [1.54, 1.807) is 0 Å². The monoisotopic (exact) mass is 354 g/mol. The molecule has 0 saturated heterocycles. The fourth-order valence-electron chi connectivity index (χ4n) is 3.58. The molecule has 0 fully saturated rings. The van der Waals surface area contributed by atoms with Gasteiger partial charge in [0.25, 0.3) is 0 Å². The summed E-state index contributed by atoms with van der Waals surface area (Å²) < 4.78 is 5.98. The highest BCUT2D eigenvalue weighted by Gasteiger charge is 2.22. The number of ketones is 1. The average Bonchev–Trinajstić information content (AvgIpc) is 3.00. The van der Waals surface area contributed by atoms with Crippen molar-refractivity contribution in [1.29, 1.82) is 0 Å². The molecular weight excluding hydrogens is 324 g/mol. The molecule has 1 aliphatic heterocycles. The van der Waals surface area contributed by atoms with Crippen LogP contribution < -0.4 is 0 Å². The number of hydrogen-bond acceptors (Lipinski definition) is 4. The molecule has 0 aliphatic carbocycles. The molecule has 0 N–H and O–H groups in total. The normalized spacial score (nSPS) is 14.6. The van der Waals surface area contributed by atoms with Crippen molar-refractivity contribution >= 4 is 5.78 Å². The SMILES string of the molecule is CN(C)Cc1cc2c(o1)CN(CC(=O)CCCCc1ccccc1)CC2. The molecule has 0 radical (unpaired) electrons. The third kappa shape index (κ3) is 5.55. The van der Waals surface area contributed by atoms with E-state index in [1.165, 1.54) is 11.1 Å². The molecule has 1 aromatic carbocycles.